The number of carbonyl (C=O) groups is 1. The SMILES string of the molecule is C[C@@](CN)(Sc1ccccc1)C(=O)O. The number of aliphatic carboxylic acids is 1. The van der Waals surface area contributed by atoms with Gasteiger partial charge in [0.1, 0.15) is 4.75 Å². The van der Waals surface area contributed by atoms with E-state index in [9.17, 15) is 4.79 Å². The molecule has 0 saturated heterocycles. The summed E-state index contributed by atoms with van der Waals surface area (Å²) in [4.78, 5) is 11.9. The first-order chi connectivity index (χ1) is 6.58. The fourth-order valence-corrected chi connectivity index (χ4v) is 1.91. The van der Waals surface area contributed by atoms with Crippen molar-refractivity contribution in [3.8, 4) is 0 Å². The summed E-state index contributed by atoms with van der Waals surface area (Å²) in [6.07, 6.45) is 0. The summed E-state index contributed by atoms with van der Waals surface area (Å²) >= 11 is 1.27. The van der Waals surface area contributed by atoms with Gasteiger partial charge in [0.15, 0.2) is 0 Å². The quantitative estimate of drug-likeness (QED) is 0.742. The summed E-state index contributed by atoms with van der Waals surface area (Å²) < 4.78 is -0.943. The zero-order chi connectivity index (χ0) is 10.6. The molecule has 1 rings (SSSR count). The van der Waals surface area contributed by atoms with Gasteiger partial charge in [-0.3, -0.25) is 4.79 Å². The van der Waals surface area contributed by atoms with Crippen LogP contribution in [0.4, 0.5) is 0 Å². The minimum atomic E-state index is -0.943. The van der Waals surface area contributed by atoms with Gasteiger partial charge < -0.3 is 10.8 Å². The molecule has 0 saturated carbocycles. The molecule has 3 N–H and O–H groups in total. The van der Waals surface area contributed by atoms with E-state index >= 15 is 0 Å². The predicted molar refractivity (Wildman–Crippen MR) is 57.4 cm³/mol. The molecule has 1 aromatic rings. The fraction of sp³-hybridized carbons (Fsp3) is 0.300. The second kappa shape index (κ2) is 4.48. The van der Waals surface area contributed by atoms with Gasteiger partial charge in [-0.15, -0.1) is 11.8 Å². The first-order valence-electron chi connectivity index (χ1n) is 4.26. The zero-order valence-corrected chi connectivity index (χ0v) is 8.75. The van der Waals surface area contributed by atoms with Crippen LogP contribution in [0.3, 0.4) is 0 Å². The van der Waals surface area contributed by atoms with E-state index in [4.69, 9.17) is 10.8 Å². The molecule has 14 heavy (non-hydrogen) atoms. The topological polar surface area (TPSA) is 63.3 Å². The fourth-order valence-electron chi connectivity index (χ4n) is 0.921. The van der Waals surface area contributed by atoms with E-state index in [0.29, 0.717) is 0 Å². The lowest BCUT2D eigenvalue weighted by molar-refractivity contribution is -0.139. The molecule has 1 aromatic carbocycles. The highest BCUT2D eigenvalue weighted by molar-refractivity contribution is 8.01. The van der Waals surface area contributed by atoms with Crippen LogP contribution in [0.25, 0.3) is 0 Å². The molecule has 0 aliphatic rings. The van der Waals surface area contributed by atoms with E-state index in [0.717, 1.165) is 4.90 Å². The summed E-state index contributed by atoms with van der Waals surface area (Å²) in [5.74, 6) is -0.881. The molecule has 76 valence electrons. The van der Waals surface area contributed by atoms with Gasteiger partial charge in [-0.05, 0) is 19.1 Å². The smallest absolute Gasteiger partial charge is 0.321 e. The normalized spacial score (nSPS) is 14.7. The highest BCUT2D eigenvalue weighted by Crippen LogP contribution is 2.31. The van der Waals surface area contributed by atoms with E-state index in [2.05, 4.69) is 0 Å². The molecule has 0 radical (unpaired) electrons. The van der Waals surface area contributed by atoms with Gasteiger partial charge >= 0.3 is 5.97 Å². The van der Waals surface area contributed by atoms with E-state index in [1.807, 2.05) is 30.3 Å². The van der Waals surface area contributed by atoms with E-state index in [1.54, 1.807) is 6.92 Å². The highest BCUT2D eigenvalue weighted by atomic mass is 32.2. The summed E-state index contributed by atoms with van der Waals surface area (Å²) in [6.45, 7) is 1.74. The number of thioether (sulfide) groups is 1. The Labute approximate surface area is 87.3 Å². The first-order valence-corrected chi connectivity index (χ1v) is 5.07. The summed E-state index contributed by atoms with van der Waals surface area (Å²) in [5, 5.41) is 8.99. The van der Waals surface area contributed by atoms with Crippen LogP contribution in [-0.4, -0.2) is 22.4 Å². The number of carboxylic acid groups (broad SMARTS) is 1. The molecular formula is C10H13NO2S. The first kappa shape index (κ1) is 11.1. The van der Waals surface area contributed by atoms with Crippen molar-refractivity contribution in [1.29, 1.82) is 0 Å². The van der Waals surface area contributed by atoms with Crippen molar-refractivity contribution < 1.29 is 9.90 Å². The van der Waals surface area contributed by atoms with Crippen LogP contribution in [0.5, 0.6) is 0 Å². The predicted octanol–water partition coefficient (Wildman–Crippen LogP) is 1.58. The van der Waals surface area contributed by atoms with Crippen LogP contribution in [0, 0.1) is 0 Å². The molecule has 0 fully saturated rings. The summed E-state index contributed by atoms with van der Waals surface area (Å²) in [7, 11) is 0. The molecule has 0 spiro atoms. The Morgan fingerprint density at radius 3 is 2.50 bits per heavy atom. The van der Waals surface area contributed by atoms with Crippen molar-refractivity contribution in [1.82, 2.24) is 0 Å². The Hall–Kier alpha value is -1.00. The average Bonchev–Trinajstić information content (AvgIpc) is 2.19. The Balaban J connectivity index is 2.81. The van der Waals surface area contributed by atoms with Gasteiger partial charge in [-0.25, -0.2) is 0 Å². The van der Waals surface area contributed by atoms with Gasteiger partial charge in [0.2, 0.25) is 0 Å². The molecule has 3 nitrogen and oxygen atoms in total. The molecule has 0 amide bonds. The summed E-state index contributed by atoms with van der Waals surface area (Å²) in [5.41, 5.74) is 5.45. The number of hydrogen-bond acceptors (Lipinski definition) is 3. The van der Waals surface area contributed by atoms with Crippen molar-refractivity contribution in [2.24, 2.45) is 5.73 Å². The lowest BCUT2D eigenvalue weighted by atomic mass is 10.2. The molecule has 1 atom stereocenters. The molecule has 0 aliphatic carbocycles. The lowest BCUT2D eigenvalue weighted by Gasteiger charge is -2.21. The Morgan fingerprint density at radius 2 is 2.07 bits per heavy atom. The molecule has 0 heterocycles. The lowest BCUT2D eigenvalue weighted by Crippen LogP contribution is -2.39. The van der Waals surface area contributed by atoms with Crippen molar-refractivity contribution >= 4 is 17.7 Å². The molecule has 0 aliphatic heterocycles. The average molecular weight is 211 g/mol. The maximum Gasteiger partial charge on any atom is 0.321 e. The second-order valence-corrected chi connectivity index (χ2v) is 4.73. The van der Waals surface area contributed by atoms with Crippen LogP contribution in [-0.2, 0) is 4.79 Å². The third kappa shape index (κ3) is 2.49. The van der Waals surface area contributed by atoms with Gasteiger partial charge in [0.05, 0.1) is 0 Å². The van der Waals surface area contributed by atoms with Crippen molar-refractivity contribution in [3.05, 3.63) is 30.3 Å². The third-order valence-electron chi connectivity index (χ3n) is 1.93. The van der Waals surface area contributed by atoms with Crippen molar-refractivity contribution in [2.45, 2.75) is 16.6 Å². The van der Waals surface area contributed by atoms with Crippen LogP contribution in [0.15, 0.2) is 35.2 Å². The van der Waals surface area contributed by atoms with Crippen LogP contribution < -0.4 is 5.73 Å². The van der Waals surface area contributed by atoms with Crippen LogP contribution in [0.1, 0.15) is 6.92 Å². The Morgan fingerprint density at radius 1 is 1.50 bits per heavy atom. The molecule has 0 aromatic heterocycles. The number of hydrogen-bond donors (Lipinski definition) is 2. The second-order valence-electron chi connectivity index (χ2n) is 3.16. The molecule has 0 unspecified atom stereocenters. The zero-order valence-electron chi connectivity index (χ0n) is 7.93. The largest absolute Gasteiger partial charge is 0.480 e. The molecular weight excluding hydrogens is 198 g/mol. The minimum Gasteiger partial charge on any atom is -0.480 e. The Kier molecular flexibility index (Phi) is 3.55. The number of nitrogens with two attached hydrogens (primary N) is 1. The van der Waals surface area contributed by atoms with Crippen LogP contribution >= 0.6 is 11.8 Å². The van der Waals surface area contributed by atoms with Crippen LogP contribution in [0.2, 0.25) is 0 Å². The van der Waals surface area contributed by atoms with Crippen molar-refractivity contribution in [3.63, 3.8) is 0 Å². The van der Waals surface area contributed by atoms with E-state index in [-0.39, 0.29) is 6.54 Å². The third-order valence-corrected chi connectivity index (χ3v) is 3.23. The standard InChI is InChI=1S/C10H13NO2S/c1-10(7-11,9(12)13)14-8-5-3-2-4-6-8/h2-6H,7,11H2,1H3,(H,12,13)/t10-/m0/s1. The minimum absolute atomic E-state index is 0.113. The van der Waals surface area contributed by atoms with E-state index < -0.39 is 10.7 Å². The van der Waals surface area contributed by atoms with Gasteiger partial charge in [-0.2, -0.15) is 0 Å². The number of rotatable bonds is 4. The summed E-state index contributed by atoms with van der Waals surface area (Å²) in [6, 6.07) is 9.40. The van der Waals surface area contributed by atoms with Gasteiger partial charge in [0, 0.05) is 11.4 Å². The molecule has 0 bridgehead atoms. The van der Waals surface area contributed by atoms with Gasteiger partial charge in [-0.1, -0.05) is 18.2 Å². The number of benzene rings is 1. The maximum absolute atomic E-state index is 11.0. The number of carboxylic acids is 1. The van der Waals surface area contributed by atoms with Crippen molar-refractivity contribution in [2.75, 3.05) is 6.54 Å². The highest BCUT2D eigenvalue weighted by Gasteiger charge is 2.32. The molecule has 4 heteroatoms. The Bertz CT molecular complexity index is 315. The monoisotopic (exact) mass is 211 g/mol. The van der Waals surface area contributed by atoms with E-state index in [1.165, 1.54) is 11.8 Å². The maximum atomic E-state index is 11.0. The van der Waals surface area contributed by atoms with Gasteiger partial charge in [0.25, 0.3) is 0 Å².